The fourth-order valence-corrected chi connectivity index (χ4v) is 2.99. The molecule has 7 heteroatoms. The minimum atomic E-state index is -4.73. The number of benzene rings is 2. The molecule has 1 aromatic heterocycles. The van der Waals surface area contributed by atoms with E-state index in [4.69, 9.17) is 23.2 Å². The van der Waals surface area contributed by atoms with Crippen molar-refractivity contribution >= 4 is 45.5 Å². The van der Waals surface area contributed by atoms with Gasteiger partial charge in [-0.25, -0.2) is 0 Å². The Hall–Kier alpha value is -2.24. The summed E-state index contributed by atoms with van der Waals surface area (Å²) in [5.41, 5.74) is -0.419. The highest BCUT2D eigenvalue weighted by atomic mass is 35.5. The van der Waals surface area contributed by atoms with E-state index in [0.29, 0.717) is 6.08 Å². The predicted molar refractivity (Wildman–Crippen MR) is 93.1 cm³/mol. The molecule has 1 heterocycles. The van der Waals surface area contributed by atoms with Crippen LogP contribution in [0.3, 0.4) is 0 Å². The number of ketones is 1. The number of rotatable bonds is 3. The summed E-state index contributed by atoms with van der Waals surface area (Å²) in [5.74, 6) is -0.758. The summed E-state index contributed by atoms with van der Waals surface area (Å²) in [6, 6.07) is 9.93. The summed E-state index contributed by atoms with van der Waals surface area (Å²) in [6.45, 7) is 0. The normalized spacial score (nSPS) is 12.6. The summed E-state index contributed by atoms with van der Waals surface area (Å²) in [6.07, 6.45) is -2.48. The zero-order chi connectivity index (χ0) is 18.2. The van der Waals surface area contributed by atoms with Gasteiger partial charge >= 0.3 is 6.18 Å². The van der Waals surface area contributed by atoms with Crippen molar-refractivity contribution in [1.29, 1.82) is 0 Å². The third-order valence-corrected chi connectivity index (χ3v) is 4.03. The molecule has 0 unspecified atom stereocenters. The molecule has 2 aromatic carbocycles. The van der Waals surface area contributed by atoms with Gasteiger partial charge in [-0.3, -0.25) is 4.79 Å². The molecule has 0 saturated heterocycles. The van der Waals surface area contributed by atoms with Crippen LogP contribution in [-0.4, -0.2) is 16.9 Å². The van der Waals surface area contributed by atoms with Gasteiger partial charge < -0.3 is 4.98 Å². The van der Waals surface area contributed by atoms with Gasteiger partial charge in [-0.05, 0) is 54.1 Å². The van der Waals surface area contributed by atoms with Gasteiger partial charge in [-0.15, -0.1) is 0 Å². The van der Waals surface area contributed by atoms with Crippen LogP contribution < -0.4 is 0 Å². The Bertz CT molecular complexity index is 969. The molecule has 0 aliphatic carbocycles. The van der Waals surface area contributed by atoms with E-state index < -0.39 is 17.5 Å². The van der Waals surface area contributed by atoms with Crippen molar-refractivity contribution in [1.82, 2.24) is 4.98 Å². The number of fused-ring (bicyclic) bond motifs is 1. The number of H-pyrrole nitrogens is 1. The Morgan fingerprint density at radius 1 is 0.960 bits per heavy atom. The molecule has 25 heavy (non-hydrogen) atoms. The van der Waals surface area contributed by atoms with Crippen LogP contribution in [0.4, 0.5) is 13.2 Å². The SMILES string of the molecule is O=C(/C=C(\c1cc(Cl)cc(Cl)c1)C(F)(F)F)c1ccc2[nH]ccc2c1. The van der Waals surface area contributed by atoms with Crippen molar-refractivity contribution < 1.29 is 18.0 Å². The molecule has 0 atom stereocenters. The average molecular weight is 384 g/mol. The van der Waals surface area contributed by atoms with Crippen LogP contribution >= 0.6 is 23.2 Å². The minimum absolute atomic E-state index is 0.0545. The van der Waals surface area contributed by atoms with E-state index >= 15 is 0 Å². The highest BCUT2D eigenvalue weighted by Gasteiger charge is 2.35. The Morgan fingerprint density at radius 2 is 1.64 bits per heavy atom. The van der Waals surface area contributed by atoms with Crippen molar-refractivity contribution in [3.8, 4) is 0 Å². The van der Waals surface area contributed by atoms with E-state index in [0.717, 1.165) is 23.0 Å². The number of nitrogens with one attached hydrogen (secondary N) is 1. The molecule has 3 aromatic rings. The lowest BCUT2D eigenvalue weighted by Gasteiger charge is -2.13. The van der Waals surface area contributed by atoms with Crippen molar-refractivity contribution in [2.24, 2.45) is 0 Å². The number of carbonyl (C=O) groups is 1. The van der Waals surface area contributed by atoms with Gasteiger partial charge in [-0.2, -0.15) is 13.2 Å². The van der Waals surface area contributed by atoms with Crippen molar-refractivity contribution in [3.05, 3.63) is 75.9 Å². The molecular formula is C18H10Cl2F3NO. The zero-order valence-corrected chi connectivity index (χ0v) is 14.0. The van der Waals surface area contributed by atoms with Gasteiger partial charge in [0.1, 0.15) is 0 Å². The number of allylic oxidation sites excluding steroid dienone is 2. The summed E-state index contributed by atoms with van der Waals surface area (Å²) >= 11 is 11.6. The van der Waals surface area contributed by atoms with Crippen LogP contribution in [-0.2, 0) is 0 Å². The Balaban J connectivity index is 2.07. The van der Waals surface area contributed by atoms with Crippen LogP contribution in [0.25, 0.3) is 16.5 Å². The molecular weight excluding hydrogens is 374 g/mol. The topological polar surface area (TPSA) is 32.9 Å². The number of aromatic nitrogens is 1. The second kappa shape index (κ2) is 6.58. The van der Waals surface area contributed by atoms with Gasteiger partial charge in [0.2, 0.25) is 0 Å². The molecule has 0 amide bonds. The molecule has 0 radical (unpaired) electrons. The average Bonchev–Trinajstić information content (AvgIpc) is 2.97. The van der Waals surface area contributed by atoms with Crippen LogP contribution in [0, 0.1) is 0 Å². The first-order chi connectivity index (χ1) is 11.7. The molecule has 0 fully saturated rings. The fraction of sp³-hybridized carbons (Fsp3) is 0.0556. The maximum Gasteiger partial charge on any atom is 0.417 e. The lowest BCUT2D eigenvalue weighted by Crippen LogP contribution is -2.13. The Morgan fingerprint density at radius 3 is 2.28 bits per heavy atom. The van der Waals surface area contributed by atoms with E-state index in [1.54, 1.807) is 18.3 Å². The molecule has 2 nitrogen and oxygen atoms in total. The minimum Gasteiger partial charge on any atom is -0.361 e. The summed E-state index contributed by atoms with van der Waals surface area (Å²) in [7, 11) is 0. The van der Waals surface area contributed by atoms with Gasteiger partial charge in [-0.1, -0.05) is 23.2 Å². The summed E-state index contributed by atoms with van der Waals surface area (Å²) in [5, 5.41) is 0.844. The lowest BCUT2D eigenvalue weighted by molar-refractivity contribution is -0.0689. The number of hydrogen-bond acceptors (Lipinski definition) is 1. The quantitative estimate of drug-likeness (QED) is 0.417. The second-order valence-corrected chi connectivity index (χ2v) is 6.23. The van der Waals surface area contributed by atoms with Gasteiger partial charge in [0.25, 0.3) is 0 Å². The van der Waals surface area contributed by atoms with E-state index in [1.807, 2.05) is 0 Å². The highest BCUT2D eigenvalue weighted by molar-refractivity contribution is 6.35. The van der Waals surface area contributed by atoms with Crippen molar-refractivity contribution in [2.45, 2.75) is 6.18 Å². The van der Waals surface area contributed by atoms with Gasteiger partial charge in [0.05, 0.1) is 5.57 Å². The lowest BCUT2D eigenvalue weighted by atomic mass is 10.0. The Kier molecular flexibility index (Phi) is 4.62. The fourth-order valence-electron chi connectivity index (χ4n) is 2.46. The maximum atomic E-state index is 13.4. The van der Waals surface area contributed by atoms with Gasteiger partial charge in [0.15, 0.2) is 5.78 Å². The largest absolute Gasteiger partial charge is 0.417 e. The monoisotopic (exact) mass is 383 g/mol. The molecule has 128 valence electrons. The first kappa shape index (κ1) is 17.6. The predicted octanol–water partition coefficient (Wildman–Crippen LogP) is 6.30. The Labute approximate surface area is 150 Å². The van der Waals surface area contributed by atoms with Crippen LogP contribution in [0.2, 0.25) is 10.0 Å². The molecule has 0 aliphatic rings. The molecule has 0 saturated carbocycles. The number of carbonyl (C=O) groups excluding carboxylic acids is 1. The maximum absolute atomic E-state index is 13.4. The van der Waals surface area contributed by atoms with Crippen LogP contribution in [0.5, 0.6) is 0 Å². The van der Waals surface area contributed by atoms with E-state index in [-0.39, 0.29) is 21.2 Å². The smallest absolute Gasteiger partial charge is 0.361 e. The zero-order valence-electron chi connectivity index (χ0n) is 12.5. The molecule has 1 N–H and O–H groups in total. The molecule has 0 aliphatic heterocycles. The van der Waals surface area contributed by atoms with Crippen molar-refractivity contribution in [3.63, 3.8) is 0 Å². The summed E-state index contributed by atoms with van der Waals surface area (Å²) in [4.78, 5) is 15.3. The van der Waals surface area contributed by atoms with Crippen LogP contribution in [0.15, 0.2) is 54.7 Å². The summed E-state index contributed by atoms with van der Waals surface area (Å²) < 4.78 is 40.3. The van der Waals surface area contributed by atoms with E-state index in [2.05, 4.69) is 4.98 Å². The second-order valence-electron chi connectivity index (χ2n) is 5.36. The van der Waals surface area contributed by atoms with Crippen LogP contribution in [0.1, 0.15) is 15.9 Å². The third kappa shape index (κ3) is 3.89. The third-order valence-electron chi connectivity index (χ3n) is 3.59. The van der Waals surface area contributed by atoms with E-state index in [9.17, 15) is 18.0 Å². The van der Waals surface area contributed by atoms with E-state index in [1.165, 1.54) is 18.2 Å². The molecule has 0 spiro atoms. The van der Waals surface area contributed by atoms with Gasteiger partial charge in [0, 0.05) is 32.7 Å². The number of aromatic amines is 1. The molecule has 0 bridgehead atoms. The number of hydrogen-bond donors (Lipinski definition) is 1. The first-order valence-electron chi connectivity index (χ1n) is 7.11. The molecule has 3 rings (SSSR count). The first-order valence-corrected chi connectivity index (χ1v) is 7.86. The van der Waals surface area contributed by atoms with Crippen molar-refractivity contribution in [2.75, 3.05) is 0 Å². The highest BCUT2D eigenvalue weighted by Crippen LogP contribution is 2.36. The standard InChI is InChI=1S/C18H10Cl2F3NO/c19-13-6-12(7-14(20)8-13)15(18(21,22)23)9-17(25)11-1-2-16-10(5-11)3-4-24-16/h1-9,24H/b15-9+. The number of halogens is 5. The number of alkyl halides is 3.